The Balaban J connectivity index is 0.00000218. The van der Waals surface area contributed by atoms with Gasteiger partial charge in [0, 0.05) is 24.8 Å². The summed E-state index contributed by atoms with van der Waals surface area (Å²) in [5, 5.41) is 12.9. The molecule has 1 unspecified atom stereocenters. The van der Waals surface area contributed by atoms with Crippen LogP contribution in [-0.2, 0) is 14.4 Å². The van der Waals surface area contributed by atoms with Crippen LogP contribution in [0.4, 0.5) is 0 Å². The molecule has 1 aromatic heterocycles. The molecule has 2 aromatic rings. The van der Waals surface area contributed by atoms with Crippen molar-refractivity contribution in [1.29, 1.82) is 0 Å². The zero-order chi connectivity index (χ0) is 20.3. The van der Waals surface area contributed by atoms with E-state index in [4.69, 9.17) is 0 Å². The molecular weight excluding hydrogens is 393 g/mol. The number of nitrogens with zero attached hydrogens (tertiary/aromatic N) is 3. The monoisotopic (exact) mass is 411 g/mol. The van der Waals surface area contributed by atoms with Crippen molar-refractivity contribution in [3.8, 4) is 0 Å². The molecule has 2 fully saturated rings. The van der Waals surface area contributed by atoms with Crippen molar-refractivity contribution in [3.05, 3.63) is 59.4 Å². The third-order valence-corrected chi connectivity index (χ3v) is 6.11. The smallest absolute Gasteiger partial charge is 0.543 e. The quantitative estimate of drug-likeness (QED) is 0.419. The Hall–Kier alpha value is -2.48. The molecule has 0 radical (unpaired) electrons. The Morgan fingerprint density at radius 2 is 1.93 bits per heavy atom. The number of pyridine rings is 1. The van der Waals surface area contributed by atoms with Gasteiger partial charge in [-0.25, -0.2) is 4.98 Å². The van der Waals surface area contributed by atoms with Gasteiger partial charge in [-0.2, -0.15) is 0 Å². The van der Waals surface area contributed by atoms with E-state index in [0.29, 0.717) is 24.2 Å². The van der Waals surface area contributed by atoms with Crippen LogP contribution >= 0.6 is 0 Å². The summed E-state index contributed by atoms with van der Waals surface area (Å²) in [6.07, 6.45) is 4.11. The molecule has 0 spiro atoms. The molecule has 0 bridgehead atoms. The summed E-state index contributed by atoms with van der Waals surface area (Å²) < 4.78 is 0. The van der Waals surface area contributed by atoms with Gasteiger partial charge in [-0.1, -0.05) is 30.3 Å². The number of allylic oxidation sites excluding steroid dienone is 1. The first-order valence-electron chi connectivity index (χ1n) is 9.57. The molecule has 0 N–H and O–H groups in total. The van der Waals surface area contributed by atoms with E-state index >= 15 is 0 Å². The number of β-lactam (4-membered cyclic amide) rings is 1. The number of aromatic nitrogens is 1. The van der Waals surface area contributed by atoms with Crippen LogP contribution in [0.25, 0.3) is 17.0 Å². The molecule has 146 valence electrons. The van der Waals surface area contributed by atoms with E-state index in [9.17, 15) is 19.5 Å². The van der Waals surface area contributed by atoms with Gasteiger partial charge in [-0.15, -0.1) is 0 Å². The minimum atomic E-state index is -1.37. The van der Waals surface area contributed by atoms with Crippen molar-refractivity contribution < 1.29 is 49.0 Å². The molecule has 7 nitrogen and oxygen atoms in total. The molecule has 5 rings (SSSR count). The summed E-state index contributed by atoms with van der Waals surface area (Å²) in [6.45, 7) is 1.87. The Morgan fingerprint density at radius 3 is 2.67 bits per heavy atom. The number of benzene rings is 1. The second-order valence-corrected chi connectivity index (χ2v) is 7.60. The molecule has 1 aromatic carbocycles. The van der Waals surface area contributed by atoms with Crippen molar-refractivity contribution in [2.75, 3.05) is 6.54 Å². The van der Waals surface area contributed by atoms with Crippen LogP contribution in [0, 0.1) is 5.92 Å². The van der Waals surface area contributed by atoms with Crippen LogP contribution in [0.15, 0.2) is 53.7 Å². The topological polar surface area (TPSA) is 93.6 Å². The van der Waals surface area contributed by atoms with Crippen molar-refractivity contribution in [2.45, 2.75) is 25.4 Å². The van der Waals surface area contributed by atoms with E-state index in [0.717, 1.165) is 10.9 Å². The molecule has 0 aliphatic carbocycles. The van der Waals surface area contributed by atoms with Crippen molar-refractivity contribution in [1.82, 2.24) is 14.8 Å². The number of rotatable bonds is 3. The molecule has 8 heteroatoms. The molecule has 3 atom stereocenters. The number of carboxylic acid groups (broad SMARTS) is 1. The first-order valence-corrected chi connectivity index (χ1v) is 9.57. The first kappa shape index (κ1) is 20.8. The third-order valence-electron chi connectivity index (χ3n) is 6.11. The molecule has 0 saturated carbocycles. The number of carboxylic acids is 1. The fraction of sp³-hybridized carbons (Fsp3) is 0.273. The van der Waals surface area contributed by atoms with Gasteiger partial charge in [0.1, 0.15) is 6.04 Å². The maximum absolute atomic E-state index is 12.6. The zero-order valence-electron chi connectivity index (χ0n) is 16.7. The number of fused-ring (bicyclic) bond motifs is 1. The maximum Gasteiger partial charge on any atom is 1.00 e. The number of amides is 2. The van der Waals surface area contributed by atoms with Crippen LogP contribution in [-0.4, -0.2) is 51.2 Å². The molecule has 3 aliphatic rings. The van der Waals surface area contributed by atoms with E-state index in [1.165, 1.54) is 11.8 Å². The Morgan fingerprint density at radius 1 is 1.17 bits per heavy atom. The summed E-state index contributed by atoms with van der Waals surface area (Å²) in [5.74, 6) is -2.01. The van der Waals surface area contributed by atoms with Gasteiger partial charge < -0.3 is 19.7 Å². The Bertz CT molecular complexity index is 1140. The molecule has 30 heavy (non-hydrogen) atoms. The average molecular weight is 411 g/mol. The summed E-state index contributed by atoms with van der Waals surface area (Å²) in [7, 11) is 0. The second-order valence-electron chi connectivity index (χ2n) is 7.60. The number of hydrogen-bond donors (Lipinski definition) is 0. The Labute approximate surface area is 195 Å². The van der Waals surface area contributed by atoms with Gasteiger partial charge in [-0.05, 0) is 30.2 Å². The maximum atomic E-state index is 12.6. The number of carbonyl (C=O) groups excluding carboxylic acids is 3. The van der Waals surface area contributed by atoms with E-state index in [-0.39, 0.29) is 59.0 Å². The van der Waals surface area contributed by atoms with Gasteiger partial charge in [0.2, 0.25) is 5.91 Å². The van der Waals surface area contributed by atoms with Crippen LogP contribution < -0.4 is 34.7 Å². The predicted octanol–water partition coefficient (Wildman–Crippen LogP) is -2.28. The van der Waals surface area contributed by atoms with Crippen LogP contribution in [0.1, 0.15) is 19.0 Å². The van der Waals surface area contributed by atoms with Crippen LogP contribution in [0.3, 0.4) is 0 Å². The first-order chi connectivity index (χ1) is 14.0. The van der Waals surface area contributed by atoms with Gasteiger partial charge >= 0.3 is 29.6 Å². The van der Waals surface area contributed by atoms with Crippen molar-refractivity contribution in [2.24, 2.45) is 5.92 Å². The molecular formula is C22H18N3NaO4. The van der Waals surface area contributed by atoms with Gasteiger partial charge in [0.15, 0.2) is 0 Å². The van der Waals surface area contributed by atoms with Crippen molar-refractivity contribution >= 4 is 34.8 Å². The fourth-order valence-electron chi connectivity index (χ4n) is 4.84. The van der Waals surface area contributed by atoms with E-state index < -0.39 is 12.0 Å². The molecule has 2 saturated heterocycles. The molecule has 2 amide bonds. The van der Waals surface area contributed by atoms with Crippen molar-refractivity contribution in [3.63, 3.8) is 0 Å². The van der Waals surface area contributed by atoms with Gasteiger partial charge in [0.25, 0.3) is 5.91 Å². The number of piperidine rings is 1. The number of aliphatic carboxylic acids is 1. The second kappa shape index (κ2) is 7.65. The Kier molecular flexibility index (Phi) is 5.30. The van der Waals surface area contributed by atoms with Crippen LogP contribution in [0.5, 0.6) is 0 Å². The number of para-hydroxylation sites is 1. The van der Waals surface area contributed by atoms with E-state index in [1.807, 2.05) is 36.4 Å². The zero-order valence-corrected chi connectivity index (χ0v) is 18.7. The SMILES string of the molecule is CC(=O)N1CCC2C(/C=C/c3ccc4ccccc4n3)=C(C(=O)[O-])N3C(=O)[C@@H]1[C@@H]23.[Na+]. The molecule has 3 aliphatic heterocycles. The van der Waals surface area contributed by atoms with Gasteiger partial charge in [-0.3, -0.25) is 9.59 Å². The van der Waals surface area contributed by atoms with E-state index in [2.05, 4.69) is 4.98 Å². The third kappa shape index (κ3) is 3.00. The number of likely N-dealkylation sites (tertiary alicyclic amines) is 1. The normalized spacial score (nSPS) is 24.7. The summed E-state index contributed by atoms with van der Waals surface area (Å²) in [4.78, 5) is 43.8. The standard InChI is InChI=1S/C22H19N3O4.Na/c1-12(26)24-11-10-16-15(19(22(28)29)25-18(16)20(24)21(25)27)9-8-14-7-6-13-4-2-3-5-17(13)23-14;/h2-9,16,18,20H,10-11H2,1H3,(H,28,29);/q;+1/p-1/b9-8+;/t16?,18-,20+;/m1./s1. The number of carbonyl (C=O) groups is 3. The molecule has 4 heterocycles. The summed E-state index contributed by atoms with van der Waals surface area (Å²) in [6, 6.07) is 10.7. The summed E-state index contributed by atoms with van der Waals surface area (Å²) >= 11 is 0. The largest absolute Gasteiger partial charge is 1.00 e. The van der Waals surface area contributed by atoms with Crippen LogP contribution in [0.2, 0.25) is 0 Å². The average Bonchev–Trinajstić information content (AvgIpc) is 3.04. The fourth-order valence-corrected chi connectivity index (χ4v) is 4.84. The predicted molar refractivity (Wildman–Crippen MR) is 103 cm³/mol. The summed E-state index contributed by atoms with van der Waals surface area (Å²) in [5.41, 5.74) is 2.05. The van der Waals surface area contributed by atoms with Gasteiger partial charge in [0.05, 0.1) is 28.9 Å². The number of hydrogen-bond acceptors (Lipinski definition) is 5. The minimum absolute atomic E-state index is 0. The minimum Gasteiger partial charge on any atom is -0.543 e. The van der Waals surface area contributed by atoms with E-state index in [1.54, 1.807) is 17.1 Å².